The summed E-state index contributed by atoms with van der Waals surface area (Å²) in [4.78, 5) is 18.0. The van der Waals surface area contributed by atoms with Crippen molar-refractivity contribution in [3.63, 3.8) is 0 Å². The summed E-state index contributed by atoms with van der Waals surface area (Å²) in [6, 6.07) is 1.97. The number of aliphatic hydroxyl groups is 1. The normalized spacial score (nSPS) is 18.3. The number of hydrogen-bond donors (Lipinski definition) is 1. The summed E-state index contributed by atoms with van der Waals surface area (Å²) in [6.07, 6.45) is 1.97. The second kappa shape index (κ2) is 7.20. The Morgan fingerprint density at radius 1 is 1.48 bits per heavy atom. The van der Waals surface area contributed by atoms with Crippen molar-refractivity contribution < 1.29 is 10.0 Å². The van der Waals surface area contributed by atoms with Crippen molar-refractivity contribution in [2.45, 2.75) is 32.7 Å². The Morgan fingerprint density at radius 2 is 2.20 bits per heavy atom. The summed E-state index contributed by atoms with van der Waals surface area (Å²) >= 11 is 6.71. The highest BCUT2D eigenvalue weighted by Gasteiger charge is 2.30. The fourth-order valence-electron chi connectivity index (χ4n) is 3.44. The van der Waals surface area contributed by atoms with Gasteiger partial charge in [0, 0.05) is 30.2 Å². The van der Waals surface area contributed by atoms with E-state index < -0.39 is 4.92 Å². The summed E-state index contributed by atoms with van der Waals surface area (Å²) < 4.78 is 3.07. The van der Waals surface area contributed by atoms with E-state index in [-0.39, 0.29) is 24.3 Å². The van der Waals surface area contributed by atoms with Gasteiger partial charge < -0.3 is 14.6 Å². The number of anilines is 1. The van der Waals surface area contributed by atoms with E-state index in [0.717, 1.165) is 30.9 Å². The molecule has 1 N–H and O–H groups in total. The number of aromatic nitrogens is 2. The number of imidazole rings is 1. The molecular formula is C16H20Br2N4O3. The van der Waals surface area contributed by atoms with Crippen LogP contribution in [-0.4, -0.2) is 39.3 Å². The molecule has 1 aliphatic heterocycles. The minimum Gasteiger partial charge on any atom is -0.396 e. The maximum atomic E-state index is 11.6. The highest BCUT2D eigenvalue weighted by molar-refractivity contribution is 9.13. The lowest BCUT2D eigenvalue weighted by Crippen LogP contribution is -2.38. The predicted molar refractivity (Wildman–Crippen MR) is 104 cm³/mol. The van der Waals surface area contributed by atoms with Crippen molar-refractivity contribution in [2.24, 2.45) is 5.92 Å². The summed E-state index contributed by atoms with van der Waals surface area (Å²) in [5.41, 5.74) is 1.09. The van der Waals surface area contributed by atoms with Gasteiger partial charge in [-0.2, -0.15) is 0 Å². The average Bonchev–Trinajstić information content (AvgIpc) is 2.94. The van der Waals surface area contributed by atoms with E-state index >= 15 is 0 Å². The number of nitro benzene ring substituents is 1. The van der Waals surface area contributed by atoms with Gasteiger partial charge in [-0.05, 0) is 70.5 Å². The number of nitrogens with zero attached hydrogens (tertiary/aromatic N) is 4. The number of piperidine rings is 1. The smallest absolute Gasteiger partial charge is 0.312 e. The van der Waals surface area contributed by atoms with Crippen LogP contribution in [0, 0.1) is 16.0 Å². The van der Waals surface area contributed by atoms with Gasteiger partial charge in [0.05, 0.1) is 10.4 Å². The molecule has 0 spiro atoms. The first-order chi connectivity index (χ1) is 11.8. The molecule has 0 amide bonds. The molecule has 25 heavy (non-hydrogen) atoms. The van der Waals surface area contributed by atoms with Gasteiger partial charge in [-0.15, -0.1) is 0 Å². The number of hydrogen-bond acceptors (Lipinski definition) is 5. The summed E-state index contributed by atoms with van der Waals surface area (Å²) in [5.74, 6) is 0.943. The highest BCUT2D eigenvalue weighted by Crippen LogP contribution is 2.41. The van der Waals surface area contributed by atoms with Crippen LogP contribution in [0.3, 0.4) is 0 Å². The number of halogens is 2. The first-order valence-electron chi connectivity index (χ1n) is 8.25. The van der Waals surface area contributed by atoms with Gasteiger partial charge >= 0.3 is 5.69 Å². The zero-order valence-corrected chi connectivity index (χ0v) is 17.2. The van der Waals surface area contributed by atoms with Gasteiger partial charge in [0.25, 0.3) is 0 Å². The zero-order chi connectivity index (χ0) is 18.3. The van der Waals surface area contributed by atoms with Crippen molar-refractivity contribution in [2.75, 3.05) is 24.6 Å². The molecule has 1 aromatic heterocycles. The van der Waals surface area contributed by atoms with Crippen LogP contribution in [0.1, 0.15) is 32.7 Å². The summed E-state index contributed by atoms with van der Waals surface area (Å²) in [6.45, 7) is 5.78. The van der Waals surface area contributed by atoms with E-state index in [0.29, 0.717) is 21.0 Å². The molecule has 2 heterocycles. The third-order valence-electron chi connectivity index (χ3n) is 4.59. The first kappa shape index (κ1) is 18.6. The fraction of sp³-hybridized carbons (Fsp3) is 0.562. The predicted octanol–water partition coefficient (Wildman–Crippen LogP) is 4.26. The minimum atomic E-state index is -0.397. The van der Waals surface area contributed by atoms with Crippen LogP contribution in [0.4, 0.5) is 11.6 Å². The van der Waals surface area contributed by atoms with Crippen LogP contribution in [0.5, 0.6) is 0 Å². The van der Waals surface area contributed by atoms with Crippen LogP contribution in [-0.2, 0) is 0 Å². The Labute approximate surface area is 162 Å². The van der Waals surface area contributed by atoms with Gasteiger partial charge in [0.15, 0.2) is 5.52 Å². The topological polar surface area (TPSA) is 84.4 Å². The largest absolute Gasteiger partial charge is 0.396 e. The van der Waals surface area contributed by atoms with Crippen LogP contribution < -0.4 is 4.90 Å². The van der Waals surface area contributed by atoms with Crippen molar-refractivity contribution in [3.05, 3.63) is 25.1 Å². The summed E-state index contributed by atoms with van der Waals surface area (Å²) in [5, 5.41) is 21.1. The second-order valence-corrected chi connectivity index (χ2v) is 8.31. The monoisotopic (exact) mass is 474 g/mol. The van der Waals surface area contributed by atoms with E-state index in [1.807, 2.05) is 24.5 Å². The molecule has 0 bridgehead atoms. The van der Waals surface area contributed by atoms with Gasteiger partial charge in [0.2, 0.25) is 5.95 Å². The molecule has 0 saturated carbocycles. The Morgan fingerprint density at radius 3 is 2.80 bits per heavy atom. The molecular weight excluding hydrogens is 456 g/mol. The van der Waals surface area contributed by atoms with E-state index in [4.69, 9.17) is 0 Å². The molecule has 0 radical (unpaired) electrons. The van der Waals surface area contributed by atoms with Crippen molar-refractivity contribution in [1.82, 2.24) is 9.55 Å². The number of fused-ring (bicyclic) bond motifs is 1. The van der Waals surface area contributed by atoms with E-state index in [1.165, 1.54) is 0 Å². The first-order valence-corrected chi connectivity index (χ1v) is 9.83. The van der Waals surface area contributed by atoms with Crippen molar-refractivity contribution >= 4 is 54.5 Å². The van der Waals surface area contributed by atoms with Crippen LogP contribution >= 0.6 is 31.9 Å². The van der Waals surface area contributed by atoms with Crippen LogP contribution in [0.15, 0.2) is 15.0 Å². The van der Waals surface area contributed by atoms with Crippen molar-refractivity contribution in [3.8, 4) is 0 Å². The van der Waals surface area contributed by atoms with E-state index in [1.54, 1.807) is 0 Å². The zero-order valence-electron chi connectivity index (χ0n) is 14.1. The fourth-order valence-corrected chi connectivity index (χ4v) is 4.29. The van der Waals surface area contributed by atoms with Gasteiger partial charge in [-0.25, -0.2) is 4.98 Å². The second-order valence-electron chi connectivity index (χ2n) is 6.66. The molecule has 136 valence electrons. The molecule has 3 rings (SSSR count). The van der Waals surface area contributed by atoms with Crippen LogP contribution in [0.2, 0.25) is 0 Å². The minimum absolute atomic E-state index is 0.0271. The number of rotatable bonds is 4. The van der Waals surface area contributed by atoms with E-state index in [2.05, 4.69) is 41.7 Å². The van der Waals surface area contributed by atoms with Crippen LogP contribution in [0.25, 0.3) is 11.0 Å². The number of benzene rings is 1. The van der Waals surface area contributed by atoms with Gasteiger partial charge in [0.1, 0.15) is 4.47 Å². The lowest BCUT2D eigenvalue weighted by Gasteiger charge is -2.33. The molecule has 1 saturated heterocycles. The highest BCUT2D eigenvalue weighted by atomic mass is 79.9. The molecule has 2 aromatic rings. The Balaban J connectivity index is 2.24. The molecule has 1 atom stereocenters. The van der Waals surface area contributed by atoms with E-state index in [9.17, 15) is 15.2 Å². The third kappa shape index (κ3) is 3.29. The Bertz CT molecular complexity index is 822. The standard InChI is InChI=1S/C16H20Br2N4O3/c1-9(2)21-12-6-11(17)13(18)15(22(24)25)14(12)19-16(21)20-5-3-4-10(7-20)8-23/h6,9-10,23H,3-5,7-8H2,1-2H3. The third-order valence-corrected chi connectivity index (χ3v) is 6.55. The molecule has 1 unspecified atom stereocenters. The Hall–Kier alpha value is -1.19. The SMILES string of the molecule is CC(C)n1c(N2CCCC(CO)C2)nc2c([N+](=O)[O-])c(Br)c(Br)cc21. The molecule has 7 nitrogen and oxygen atoms in total. The number of nitro groups is 1. The summed E-state index contributed by atoms with van der Waals surface area (Å²) in [7, 11) is 0. The maximum Gasteiger partial charge on any atom is 0.312 e. The lowest BCUT2D eigenvalue weighted by molar-refractivity contribution is -0.384. The Kier molecular flexibility index (Phi) is 5.36. The number of aliphatic hydroxyl groups excluding tert-OH is 1. The average molecular weight is 476 g/mol. The molecule has 1 fully saturated rings. The molecule has 1 aliphatic rings. The quantitative estimate of drug-likeness (QED) is 0.527. The van der Waals surface area contributed by atoms with Gasteiger partial charge in [-0.3, -0.25) is 10.1 Å². The molecule has 0 aliphatic carbocycles. The maximum absolute atomic E-state index is 11.6. The molecule has 1 aromatic carbocycles. The van der Waals surface area contributed by atoms with Gasteiger partial charge in [-0.1, -0.05) is 0 Å². The molecule has 9 heteroatoms. The van der Waals surface area contributed by atoms with Crippen molar-refractivity contribution in [1.29, 1.82) is 0 Å². The lowest BCUT2D eigenvalue weighted by atomic mass is 9.99.